The molecule has 0 nitrogen and oxygen atoms in total. The Balaban J connectivity index is 2.02. The molecular weight excluding hydrogens is 266 g/mol. The van der Waals surface area contributed by atoms with E-state index < -0.39 is 11.6 Å². The molecule has 1 aliphatic rings. The highest BCUT2D eigenvalue weighted by atomic mass is 19.2. The van der Waals surface area contributed by atoms with Gasteiger partial charge in [-0.15, -0.1) is 0 Å². The first-order valence-corrected chi connectivity index (χ1v) is 8.64. The van der Waals surface area contributed by atoms with E-state index in [9.17, 15) is 8.78 Å². The van der Waals surface area contributed by atoms with Crippen LogP contribution < -0.4 is 0 Å². The smallest absolute Gasteiger partial charge is 0.162 e. The van der Waals surface area contributed by atoms with Gasteiger partial charge in [-0.25, -0.2) is 8.78 Å². The first kappa shape index (κ1) is 16.5. The van der Waals surface area contributed by atoms with Crippen LogP contribution >= 0.6 is 0 Å². The summed E-state index contributed by atoms with van der Waals surface area (Å²) in [5.41, 5.74) is 1.14. The summed E-state index contributed by atoms with van der Waals surface area (Å²) in [4.78, 5) is 0. The third-order valence-corrected chi connectivity index (χ3v) is 4.96. The Morgan fingerprint density at radius 1 is 0.952 bits per heavy atom. The fraction of sp³-hybridized carbons (Fsp3) is 0.684. The van der Waals surface area contributed by atoms with E-state index in [0.29, 0.717) is 17.5 Å². The summed E-state index contributed by atoms with van der Waals surface area (Å²) in [5.74, 6) is -0.179. The van der Waals surface area contributed by atoms with Crippen molar-refractivity contribution < 1.29 is 8.78 Å². The van der Waals surface area contributed by atoms with Gasteiger partial charge in [0, 0.05) is 0 Å². The molecule has 1 saturated carbocycles. The summed E-state index contributed by atoms with van der Waals surface area (Å²) < 4.78 is 28.4. The maximum absolute atomic E-state index is 14.3. The third-order valence-electron chi connectivity index (χ3n) is 4.96. The molecule has 0 radical (unpaired) electrons. The lowest BCUT2D eigenvalue weighted by Gasteiger charge is -2.29. The zero-order valence-electron chi connectivity index (χ0n) is 13.4. The second-order valence-electron chi connectivity index (χ2n) is 6.55. The molecule has 1 aliphatic carbocycles. The van der Waals surface area contributed by atoms with Gasteiger partial charge in [-0.1, -0.05) is 51.7 Å². The third kappa shape index (κ3) is 4.05. The first-order valence-electron chi connectivity index (χ1n) is 8.64. The average Bonchev–Trinajstić information content (AvgIpc) is 2.51. The SMILES string of the molecule is CCCC[C@H]1CC[C@H](c2ccc(CCC)c(F)c2F)CC1. The van der Waals surface area contributed by atoms with Gasteiger partial charge in [-0.2, -0.15) is 0 Å². The van der Waals surface area contributed by atoms with Crippen LogP contribution in [0.5, 0.6) is 0 Å². The van der Waals surface area contributed by atoms with Crippen molar-refractivity contribution in [1.82, 2.24) is 0 Å². The molecule has 0 bridgehead atoms. The molecule has 0 N–H and O–H groups in total. The summed E-state index contributed by atoms with van der Waals surface area (Å²) in [6, 6.07) is 3.63. The fourth-order valence-electron chi connectivity index (χ4n) is 3.64. The highest BCUT2D eigenvalue weighted by Gasteiger charge is 2.25. The van der Waals surface area contributed by atoms with Crippen LogP contribution in [0.15, 0.2) is 12.1 Å². The molecule has 2 heteroatoms. The van der Waals surface area contributed by atoms with Gasteiger partial charge >= 0.3 is 0 Å². The Kier molecular flexibility index (Phi) is 6.20. The molecule has 0 amide bonds. The Morgan fingerprint density at radius 2 is 1.67 bits per heavy atom. The van der Waals surface area contributed by atoms with Crippen molar-refractivity contribution in [1.29, 1.82) is 0 Å². The van der Waals surface area contributed by atoms with E-state index in [-0.39, 0.29) is 5.92 Å². The topological polar surface area (TPSA) is 0 Å². The minimum atomic E-state index is -0.609. The Labute approximate surface area is 128 Å². The second-order valence-corrected chi connectivity index (χ2v) is 6.55. The lowest BCUT2D eigenvalue weighted by molar-refractivity contribution is 0.299. The molecule has 0 spiro atoms. The highest BCUT2D eigenvalue weighted by Crippen LogP contribution is 2.39. The van der Waals surface area contributed by atoms with Crippen LogP contribution in [0.25, 0.3) is 0 Å². The number of unbranched alkanes of at least 4 members (excludes halogenated alkanes) is 1. The molecule has 0 aliphatic heterocycles. The molecule has 0 unspecified atom stereocenters. The van der Waals surface area contributed by atoms with Crippen molar-refractivity contribution in [3.8, 4) is 0 Å². The molecule has 0 heterocycles. The minimum Gasteiger partial charge on any atom is -0.203 e. The molecule has 0 saturated heterocycles. The summed E-state index contributed by atoms with van der Waals surface area (Å²) >= 11 is 0. The molecular formula is C19H28F2. The maximum Gasteiger partial charge on any atom is 0.162 e. The highest BCUT2D eigenvalue weighted by molar-refractivity contribution is 5.29. The van der Waals surface area contributed by atoms with Gasteiger partial charge < -0.3 is 0 Å². The van der Waals surface area contributed by atoms with Crippen molar-refractivity contribution in [2.24, 2.45) is 5.92 Å². The van der Waals surface area contributed by atoms with E-state index in [1.165, 1.54) is 32.1 Å². The van der Waals surface area contributed by atoms with E-state index >= 15 is 0 Å². The Hall–Kier alpha value is -0.920. The lowest BCUT2D eigenvalue weighted by Crippen LogP contribution is -2.15. The standard InChI is InChI=1S/C19H28F2/c1-3-5-7-14-8-10-15(11-9-14)17-13-12-16(6-4-2)18(20)19(17)21/h12-15H,3-11H2,1-2H3/t14-,15-. The maximum atomic E-state index is 14.3. The van der Waals surface area contributed by atoms with Gasteiger partial charge in [-0.3, -0.25) is 0 Å². The van der Waals surface area contributed by atoms with Crippen molar-refractivity contribution in [2.75, 3.05) is 0 Å². The zero-order chi connectivity index (χ0) is 15.2. The Bertz CT molecular complexity index is 445. The minimum absolute atomic E-state index is 0.216. The number of halogens is 2. The first-order chi connectivity index (χ1) is 10.2. The molecule has 2 rings (SSSR count). The van der Waals surface area contributed by atoms with Gasteiger partial charge in [0.25, 0.3) is 0 Å². The molecule has 1 aromatic carbocycles. The number of hydrogen-bond donors (Lipinski definition) is 0. The summed E-state index contributed by atoms with van der Waals surface area (Å²) in [6.45, 7) is 4.21. The summed E-state index contributed by atoms with van der Waals surface area (Å²) in [6.07, 6.45) is 9.67. The molecule has 21 heavy (non-hydrogen) atoms. The number of aryl methyl sites for hydroxylation is 1. The second kappa shape index (κ2) is 7.91. The van der Waals surface area contributed by atoms with Crippen molar-refractivity contribution in [3.05, 3.63) is 34.9 Å². The van der Waals surface area contributed by atoms with Crippen LogP contribution in [0.3, 0.4) is 0 Å². The van der Waals surface area contributed by atoms with Crippen LogP contribution in [0, 0.1) is 17.6 Å². The Morgan fingerprint density at radius 3 is 2.29 bits per heavy atom. The van der Waals surface area contributed by atoms with E-state index in [0.717, 1.165) is 25.2 Å². The zero-order valence-corrected chi connectivity index (χ0v) is 13.4. The fourth-order valence-corrected chi connectivity index (χ4v) is 3.64. The number of rotatable bonds is 6. The van der Waals surface area contributed by atoms with Crippen LogP contribution in [-0.2, 0) is 6.42 Å². The normalized spacial score (nSPS) is 22.5. The van der Waals surface area contributed by atoms with Crippen LogP contribution in [0.2, 0.25) is 0 Å². The molecule has 118 valence electrons. The lowest BCUT2D eigenvalue weighted by atomic mass is 9.76. The average molecular weight is 294 g/mol. The van der Waals surface area contributed by atoms with E-state index in [4.69, 9.17) is 0 Å². The summed E-state index contributed by atoms with van der Waals surface area (Å²) in [5, 5.41) is 0. The van der Waals surface area contributed by atoms with E-state index in [1.807, 2.05) is 13.0 Å². The predicted octanol–water partition coefficient (Wildman–Crippen LogP) is 6.38. The molecule has 0 atom stereocenters. The van der Waals surface area contributed by atoms with E-state index in [2.05, 4.69) is 6.92 Å². The van der Waals surface area contributed by atoms with Crippen LogP contribution in [0.4, 0.5) is 8.78 Å². The monoisotopic (exact) mass is 294 g/mol. The predicted molar refractivity (Wildman–Crippen MR) is 84.6 cm³/mol. The van der Waals surface area contributed by atoms with E-state index in [1.54, 1.807) is 6.07 Å². The number of benzene rings is 1. The van der Waals surface area contributed by atoms with Gasteiger partial charge in [0.1, 0.15) is 0 Å². The van der Waals surface area contributed by atoms with Crippen molar-refractivity contribution in [2.45, 2.75) is 77.6 Å². The summed E-state index contributed by atoms with van der Waals surface area (Å²) in [7, 11) is 0. The molecule has 1 fully saturated rings. The quantitative estimate of drug-likeness (QED) is 0.571. The van der Waals surface area contributed by atoms with Gasteiger partial charge in [0.15, 0.2) is 11.6 Å². The van der Waals surface area contributed by atoms with Gasteiger partial charge in [0.05, 0.1) is 0 Å². The van der Waals surface area contributed by atoms with Crippen LogP contribution in [-0.4, -0.2) is 0 Å². The van der Waals surface area contributed by atoms with Crippen molar-refractivity contribution >= 4 is 0 Å². The molecule has 0 aromatic heterocycles. The largest absolute Gasteiger partial charge is 0.203 e. The molecule has 1 aromatic rings. The van der Waals surface area contributed by atoms with Crippen molar-refractivity contribution in [3.63, 3.8) is 0 Å². The van der Waals surface area contributed by atoms with Crippen LogP contribution in [0.1, 0.15) is 82.3 Å². The number of hydrogen-bond acceptors (Lipinski definition) is 0. The van der Waals surface area contributed by atoms with Gasteiger partial charge in [-0.05, 0) is 55.1 Å². The van der Waals surface area contributed by atoms with Gasteiger partial charge in [0.2, 0.25) is 0 Å².